The maximum atomic E-state index is 12.5. The van der Waals surface area contributed by atoms with E-state index in [2.05, 4.69) is 20.8 Å². The number of amides is 2. The van der Waals surface area contributed by atoms with Crippen LogP contribution in [0.2, 0.25) is 0 Å². The van der Waals surface area contributed by atoms with Gasteiger partial charge in [0.2, 0.25) is 11.8 Å². The third-order valence-corrected chi connectivity index (χ3v) is 6.28. The van der Waals surface area contributed by atoms with Gasteiger partial charge < -0.3 is 15.2 Å². The van der Waals surface area contributed by atoms with Crippen LogP contribution in [0.15, 0.2) is 29.4 Å². The molecule has 0 radical (unpaired) electrons. The van der Waals surface area contributed by atoms with Crippen LogP contribution in [0.5, 0.6) is 0 Å². The van der Waals surface area contributed by atoms with Crippen molar-refractivity contribution in [1.29, 1.82) is 0 Å². The lowest BCUT2D eigenvalue weighted by molar-refractivity contribution is -0.121. The standard InChI is InChI=1S/C21H29N5O2S/c1-4-26-18(13-19(27)23-17-12-8-5-9-14(17)2)24-25-21(26)29-15(3)20(28)22-16-10-6-7-11-16/h5,8-9,12,15-16H,4,6-7,10-11,13H2,1-3H3,(H,22,28)(H,23,27)/t15-/m1/s1. The van der Waals surface area contributed by atoms with Gasteiger partial charge in [0.25, 0.3) is 0 Å². The Morgan fingerprint density at radius 2 is 1.97 bits per heavy atom. The van der Waals surface area contributed by atoms with Gasteiger partial charge in [0.15, 0.2) is 5.16 Å². The number of thioether (sulfide) groups is 1. The Morgan fingerprint density at radius 1 is 1.24 bits per heavy atom. The van der Waals surface area contributed by atoms with Crippen LogP contribution in [0, 0.1) is 6.92 Å². The summed E-state index contributed by atoms with van der Waals surface area (Å²) < 4.78 is 1.90. The van der Waals surface area contributed by atoms with E-state index in [1.807, 2.05) is 49.6 Å². The minimum Gasteiger partial charge on any atom is -0.352 e. The fourth-order valence-electron chi connectivity index (χ4n) is 3.51. The van der Waals surface area contributed by atoms with Crippen LogP contribution in [-0.2, 0) is 22.6 Å². The zero-order valence-corrected chi connectivity index (χ0v) is 18.1. The first-order valence-corrected chi connectivity index (χ1v) is 11.1. The first-order chi connectivity index (χ1) is 14.0. The summed E-state index contributed by atoms with van der Waals surface area (Å²) in [6, 6.07) is 7.96. The van der Waals surface area contributed by atoms with Crippen molar-refractivity contribution in [3.8, 4) is 0 Å². The number of nitrogens with zero attached hydrogens (tertiary/aromatic N) is 3. The topological polar surface area (TPSA) is 88.9 Å². The maximum absolute atomic E-state index is 12.5. The molecule has 29 heavy (non-hydrogen) atoms. The molecule has 2 N–H and O–H groups in total. The van der Waals surface area contributed by atoms with E-state index in [-0.39, 0.29) is 23.5 Å². The molecule has 1 fully saturated rings. The van der Waals surface area contributed by atoms with Crippen LogP contribution >= 0.6 is 11.8 Å². The molecular formula is C21H29N5O2S. The molecule has 1 aliphatic carbocycles. The van der Waals surface area contributed by atoms with E-state index >= 15 is 0 Å². The quantitative estimate of drug-likeness (QED) is 0.646. The number of hydrogen-bond acceptors (Lipinski definition) is 5. The van der Waals surface area contributed by atoms with Gasteiger partial charge in [-0.05, 0) is 45.2 Å². The van der Waals surface area contributed by atoms with Crippen LogP contribution in [0.3, 0.4) is 0 Å². The first-order valence-electron chi connectivity index (χ1n) is 10.2. The summed E-state index contributed by atoms with van der Waals surface area (Å²) in [4.78, 5) is 24.9. The molecule has 7 nitrogen and oxygen atoms in total. The largest absolute Gasteiger partial charge is 0.352 e. The molecule has 2 aromatic rings. The first kappa shape index (κ1) is 21.4. The summed E-state index contributed by atoms with van der Waals surface area (Å²) in [7, 11) is 0. The van der Waals surface area contributed by atoms with E-state index in [4.69, 9.17) is 0 Å². The molecule has 2 amide bonds. The highest BCUT2D eigenvalue weighted by molar-refractivity contribution is 8.00. The Bertz CT molecular complexity index is 861. The van der Waals surface area contributed by atoms with Gasteiger partial charge in [-0.3, -0.25) is 9.59 Å². The van der Waals surface area contributed by atoms with Crippen molar-refractivity contribution in [1.82, 2.24) is 20.1 Å². The van der Waals surface area contributed by atoms with Crippen molar-refractivity contribution < 1.29 is 9.59 Å². The molecule has 0 aliphatic heterocycles. The second-order valence-electron chi connectivity index (χ2n) is 7.43. The lowest BCUT2D eigenvalue weighted by Crippen LogP contribution is -2.37. The van der Waals surface area contributed by atoms with Gasteiger partial charge in [-0.1, -0.05) is 42.8 Å². The predicted octanol–water partition coefficient (Wildman–Crippen LogP) is 3.33. The van der Waals surface area contributed by atoms with Crippen molar-refractivity contribution in [2.45, 2.75) is 75.9 Å². The van der Waals surface area contributed by atoms with E-state index in [1.165, 1.54) is 24.6 Å². The Morgan fingerprint density at radius 3 is 2.66 bits per heavy atom. The average molecular weight is 416 g/mol. The fourth-order valence-corrected chi connectivity index (χ4v) is 4.45. The number of nitrogens with one attached hydrogen (secondary N) is 2. The van der Waals surface area contributed by atoms with Gasteiger partial charge in [-0.15, -0.1) is 10.2 Å². The molecule has 3 rings (SSSR count). The lowest BCUT2D eigenvalue weighted by atomic mass is 10.2. The molecule has 8 heteroatoms. The normalized spacial score (nSPS) is 15.3. The van der Waals surface area contributed by atoms with Crippen molar-refractivity contribution >= 4 is 29.3 Å². The molecule has 1 aromatic carbocycles. The number of hydrogen-bond donors (Lipinski definition) is 2. The number of rotatable bonds is 8. The average Bonchev–Trinajstić information content (AvgIpc) is 3.33. The third-order valence-electron chi connectivity index (χ3n) is 5.20. The van der Waals surface area contributed by atoms with E-state index in [9.17, 15) is 9.59 Å². The van der Waals surface area contributed by atoms with Gasteiger partial charge in [0.05, 0.1) is 11.7 Å². The molecule has 1 aliphatic rings. The van der Waals surface area contributed by atoms with Gasteiger partial charge in [0.1, 0.15) is 5.82 Å². The maximum Gasteiger partial charge on any atom is 0.233 e. The summed E-state index contributed by atoms with van der Waals surface area (Å²) in [5.74, 6) is 0.501. The number of aromatic nitrogens is 3. The van der Waals surface area contributed by atoms with Crippen molar-refractivity contribution in [2.75, 3.05) is 5.32 Å². The van der Waals surface area contributed by atoms with Gasteiger partial charge in [-0.25, -0.2) is 0 Å². The molecular weight excluding hydrogens is 386 g/mol. The number of carbonyl (C=O) groups is 2. The monoisotopic (exact) mass is 415 g/mol. The van der Waals surface area contributed by atoms with E-state index in [0.717, 1.165) is 24.1 Å². The van der Waals surface area contributed by atoms with Crippen LogP contribution in [0.25, 0.3) is 0 Å². The van der Waals surface area contributed by atoms with Crippen molar-refractivity contribution in [3.63, 3.8) is 0 Å². The smallest absolute Gasteiger partial charge is 0.233 e. The Kier molecular flexibility index (Phi) is 7.30. The molecule has 0 saturated heterocycles. The van der Waals surface area contributed by atoms with Gasteiger partial charge in [-0.2, -0.15) is 0 Å². The molecule has 1 aromatic heterocycles. The number of benzene rings is 1. The zero-order valence-electron chi connectivity index (χ0n) is 17.3. The second-order valence-corrected chi connectivity index (χ2v) is 8.74. The molecule has 1 atom stereocenters. The predicted molar refractivity (Wildman–Crippen MR) is 115 cm³/mol. The van der Waals surface area contributed by atoms with Crippen LogP contribution in [0.1, 0.15) is 50.9 Å². The Labute approximate surface area is 176 Å². The molecule has 156 valence electrons. The number of para-hydroxylation sites is 1. The molecule has 0 unspecified atom stereocenters. The van der Waals surface area contributed by atoms with Crippen molar-refractivity contribution in [2.24, 2.45) is 0 Å². The van der Waals surface area contributed by atoms with Crippen LogP contribution in [0.4, 0.5) is 5.69 Å². The number of carbonyl (C=O) groups excluding carboxylic acids is 2. The molecule has 1 saturated carbocycles. The highest BCUT2D eigenvalue weighted by Gasteiger charge is 2.24. The van der Waals surface area contributed by atoms with Crippen LogP contribution in [-0.4, -0.2) is 37.9 Å². The van der Waals surface area contributed by atoms with Crippen molar-refractivity contribution in [3.05, 3.63) is 35.7 Å². The van der Waals surface area contributed by atoms with E-state index < -0.39 is 0 Å². The minimum atomic E-state index is -0.265. The molecule has 0 spiro atoms. The summed E-state index contributed by atoms with van der Waals surface area (Å²) in [5.41, 5.74) is 1.81. The Balaban J connectivity index is 1.61. The third kappa shape index (κ3) is 5.59. The zero-order chi connectivity index (χ0) is 20.8. The minimum absolute atomic E-state index is 0.0337. The summed E-state index contributed by atoms with van der Waals surface area (Å²) >= 11 is 1.39. The van der Waals surface area contributed by atoms with Gasteiger partial charge >= 0.3 is 0 Å². The summed E-state index contributed by atoms with van der Waals surface area (Å²) in [6.07, 6.45) is 4.64. The fraction of sp³-hybridized carbons (Fsp3) is 0.524. The second kappa shape index (κ2) is 9.91. The SMILES string of the molecule is CCn1c(CC(=O)Nc2ccccc2C)nnc1S[C@H](C)C(=O)NC1CCCC1. The van der Waals surface area contributed by atoms with Gasteiger partial charge in [0, 0.05) is 18.3 Å². The van der Waals surface area contributed by atoms with E-state index in [0.29, 0.717) is 23.6 Å². The Hall–Kier alpha value is -2.35. The highest BCUT2D eigenvalue weighted by atomic mass is 32.2. The summed E-state index contributed by atoms with van der Waals surface area (Å²) in [6.45, 7) is 6.46. The van der Waals surface area contributed by atoms with Crippen LogP contribution < -0.4 is 10.6 Å². The van der Waals surface area contributed by atoms with E-state index in [1.54, 1.807) is 0 Å². The molecule has 0 bridgehead atoms. The number of anilines is 1. The molecule has 1 heterocycles. The highest BCUT2D eigenvalue weighted by Crippen LogP contribution is 2.24. The summed E-state index contributed by atoms with van der Waals surface area (Å²) in [5, 5.41) is 14.9. The number of aryl methyl sites for hydroxylation is 1. The lowest BCUT2D eigenvalue weighted by Gasteiger charge is -2.16.